The number of hydrogen-bond donors (Lipinski definition) is 1. The number of ether oxygens (including phenoxy) is 1. The lowest BCUT2D eigenvalue weighted by molar-refractivity contribution is -0.135. The van der Waals surface area contributed by atoms with E-state index >= 15 is 0 Å². The van der Waals surface area contributed by atoms with Crippen LogP contribution in [0.25, 0.3) is 0 Å². The number of hydrogen-bond acceptors (Lipinski definition) is 5. The maximum Gasteiger partial charge on any atom is 0.226 e. The molecule has 1 amide bonds. The lowest BCUT2D eigenvalue weighted by Crippen LogP contribution is -2.47. The molecule has 0 radical (unpaired) electrons. The minimum atomic E-state index is -3.51. The van der Waals surface area contributed by atoms with Crippen molar-refractivity contribution in [3.05, 3.63) is 24.3 Å². The molecule has 1 atom stereocenters. The Kier molecular flexibility index (Phi) is 8.16. The molecule has 1 heterocycles. The van der Waals surface area contributed by atoms with Gasteiger partial charge in [0.05, 0.1) is 17.8 Å². The van der Waals surface area contributed by atoms with E-state index in [2.05, 4.69) is 5.32 Å². The molecule has 28 heavy (non-hydrogen) atoms. The van der Waals surface area contributed by atoms with Gasteiger partial charge in [-0.2, -0.15) is 0 Å². The van der Waals surface area contributed by atoms with E-state index in [0.717, 1.165) is 25.3 Å². The maximum absolute atomic E-state index is 12.7. The summed E-state index contributed by atoms with van der Waals surface area (Å²) in [6.45, 7) is 4.21. The van der Waals surface area contributed by atoms with Gasteiger partial charge >= 0.3 is 0 Å². The topological polar surface area (TPSA) is 75.7 Å². The highest BCUT2D eigenvalue weighted by molar-refractivity contribution is 7.91. The monoisotopic (exact) mass is 430 g/mol. The summed E-state index contributed by atoms with van der Waals surface area (Å²) in [4.78, 5) is 14.8. The van der Waals surface area contributed by atoms with E-state index in [9.17, 15) is 13.2 Å². The van der Waals surface area contributed by atoms with Crippen LogP contribution in [0.2, 0.25) is 0 Å². The smallest absolute Gasteiger partial charge is 0.226 e. The number of methoxy groups -OCH3 is 1. The molecule has 1 aliphatic carbocycles. The summed E-state index contributed by atoms with van der Waals surface area (Å²) in [5.74, 6) is 0.683. The van der Waals surface area contributed by atoms with Crippen LogP contribution < -0.4 is 10.1 Å². The highest BCUT2D eigenvalue weighted by Crippen LogP contribution is 2.28. The number of rotatable bonds is 8. The molecule has 3 rings (SSSR count). The number of piperidine rings is 1. The summed E-state index contributed by atoms with van der Waals surface area (Å²) in [5, 5.41) is 3.60. The Balaban J connectivity index is 0.00000280. The summed E-state index contributed by atoms with van der Waals surface area (Å²) in [6, 6.07) is 6.79. The molecule has 0 spiro atoms. The summed E-state index contributed by atoms with van der Waals surface area (Å²) in [6.07, 6.45) is 4.56. The number of amides is 1. The predicted molar refractivity (Wildman–Crippen MR) is 112 cm³/mol. The van der Waals surface area contributed by atoms with Crippen molar-refractivity contribution in [3.63, 3.8) is 0 Å². The van der Waals surface area contributed by atoms with Gasteiger partial charge in [0.15, 0.2) is 9.84 Å². The van der Waals surface area contributed by atoms with Gasteiger partial charge in [-0.05, 0) is 62.4 Å². The van der Waals surface area contributed by atoms with E-state index in [4.69, 9.17) is 4.74 Å². The van der Waals surface area contributed by atoms with Crippen molar-refractivity contribution in [1.29, 1.82) is 0 Å². The van der Waals surface area contributed by atoms with Crippen molar-refractivity contribution >= 4 is 28.2 Å². The van der Waals surface area contributed by atoms with Crippen LogP contribution in [0.5, 0.6) is 5.75 Å². The van der Waals surface area contributed by atoms with E-state index in [-0.39, 0.29) is 29.0 Å². The molecule has 1 aliphatic heterocycles. The average Bonchev–Trinajstić information content (AvgIpc) is 3.50. The second-order valence-corrected chi connectivity index (χ2v) is 9.84. The molecule has 0 bridgehead atoms. The molecule has 1 aromatic carbocycles. The Morgan fingerprint density at radius 3 is 2.32 bits per heavy atom. The van der Waals surface area contributed by atoms with Crippen molar-refractivity contribution in [3.8, 4) is 5.75 Å². The van der Waals surface area contributed by atoms with Gasteiger partial charge in [0.1, 0.15) is 5.75 Å². The fraction of sp³-hybridized carbons (Fsp3) is 0.650. The van der Waals surface area contributed by atoms with E-state index in [1.54, 1.807) is 19.1 Å². The first kappa shape index (κ1) is 23.0. The maximum atomic E-state index is 12.7. The molecule has 1 saturated heterocycles. The van der Waals surface area contributed by atoms with Crippen molar-refractivity contribution < 1.29 is 17.9 Å². The Labute approximate surface area is 174 Å². The van der Waals surface area contributed by atoms with Crippen molar-refractivity contribution in [2.45, 2.75) is 43.5 Å². The number of nitrogens with zero attached hydrogens (tertiary/aromatic N) is 1. The summed E-state index contributed by atoms with van der Waals surface area (Å²) in [7, 11) is -1.97. The molecule has 2 aliphatic rings. The fourth-order valence-corrected chi connectivity index (χ4v) is 5.09. The summed E-state index contributed by atoms with van der Waals surface area (Å²) in [5.41, 5.74) is 0. The number of likely N-dealkylation sites (tertiary alicyclic amines) is 1. The fourth-order valence-electron chi connectivity index (χ4n) is 3.55. The first-order valence-electron chi connectivity index (χ1n) is 9.78. The first-order valence-corrected chi connectivity index (χ1v) is 11.4. The van der Waals surface area contributed by atoms with Gasteiger partial charge in [-0.1, -0.05) is 6.92 Å². The lowest BCUT2D eigenvalue weighted by atomic mass is 10.0. The van der Waals surface area contributed by atoms with Crippen LogP contribution in [0, 0.1) is 11.8 Å². The van der Waals surface area contributed by atoms with Crippen LogP contribution in [-0.2, 0) is 14.6 Å². The average molecular weight is 431 g/mol. The molecule has 0 aromatic heterocycles. The van der Waals surface area contributed by atoms with E-state index in [1.165, 1.54) is 32.1 Å². The van der Waals surface area contributed by atoms with Crippen LogP contribution in [0.1, 0.15) is 32.6 Å². The Hall–Kier alpha value is -1.31. The van der Waals surface area contributed by atoms with Gasteiger partial charge in [-0.25, -0.2) is 8.42 Å². The van der Waals surface area contributed by atoms with E-state index in [1.807, 2.05) is 4.90 Å². The molecule has 2 fully saturated rings. The quantitative estimate of drug-likeness (QED) is 0.685. The molecular formula is C20H31ClN2O4S. The standard InChI is InChI=1S/C20H30N2O4S.ClH/c1-15(14-27(24,25)19-7-5-18(26-2)6-8-19)20(23)22-11-9-17(10-12-22)21-13-16-3-4-16;/h5-8,15-17,21H,3-4,9-14H2,1-2H3;1H. The van der Waals surface area contributed by atoms with Gasteiger partial charge in [-0.3, -0.25) is 4.79 Å². The Bertz CT molecular complexity index is 742. The zero-order valence-corrected chi connectivity index (χ0v) is 18.2. The third kappa shape index (κ3) is 6.09. The zero-order valence-electron chi connectivity index (χ0n) is 16.6. The van der Waals surface area contributed by atoms with Gasteiger partial charge in [-0.15, -0.1) is 12.4 Å². The zero-order chi connectivity index (χ0) is 19.4. The molecule has 1 unspecified atom stereocenters. The molecular weight excluding hydrogens is 400 g/mol. The third-order valence-electron chi connectivity index (χ3n) is 5.51. The lowest BCUT2D eigenvalue weighted by Gasteiger charge is -2.34. The van der Waals surface area contributed by atoms with Crippen molar-refractivity contribution in [1.82, 2.24) is 10.2 Å². The van der Waals surface area contributed by atoms with Crippen LogP contribution in [-0.4, -0.2) is 57.8 Å². The molecule has 8 heteroatoms. The minimum absolute atomic E-state index is 0. The van der Waals surface area contributed by atoms with E-state index in [0.29, 0.717) is 24.9 Å². The molecule has 158 valence electrons. The van der Waals surface area contributed by atoms with E-state index < -0.39 is 15.8 Å². The van der Waals surface area contributed by atoms with Crippen molar-refractivity contribution in [2.24, 2.45) is 11.8 Å². The van der Waals surface area contributed by atoms with Crippen molar-refractivity contribution in [2.75, 3.05) is 32.5 Å². The number of halogens is 1. The highest BCUT2D eigenvalue weighted by Gasteiger charge is 2.30. The van der Waals surface area contributed by atoms with Gasteiger partial charge < -0.3 is 15.0 Å². The third-order valence-corrected chi connectivity index (χ3v) is 7.44. The molecule has 1 N–H and O–H groups in total. The minimum Gasteiger partial charge on any atom is -0.497 e. The number of carbonyl (C=O) groups excluding carboxylic acids is 1. The largest absolute Gasteiger partial charge is 0.497 e. The van der Waals surface area contributed by atoms with Crippen LogP contribution in [0.4, 0.5) is 0 Å². The number of sulfone groups is 1. The SMILES string of the molecule is COc1ccc(S(=O)(=O)CC(C)C(=O)N2CCC(NCC3CC3)CC2)cc1.Cl. The van der Waals surface area contributed by atoms with Gasteiger partial charge in [0.25, 0.3) is 0 Å². The number of carbonyl (C=O) groups is 1. The number of benzene rings is 1. The molecule has 1 saturated carbocycles. The second kappa shape index (κ2) is 9.94. The van der Waals surface area contributed by atoms with Crippen LogP contribution in [0.3, 0.4) is 0 Å². The summed E-state index contributed by atoms with van der Waals surface area (Å²) >= 11 is 0. The molecule has 6 nitrogen and oxygen atoms in total. The normalized spacial score (nSPS) is 19.0. The Morgan fingerprint density at radius 2 is 1.79 bits per heavy atom. The predicted octanol–water partition coefficient (Wildman–Crippen LogP) is 2.52. The number of nitrogens with one attached hydrogen (secondary N) is 1. The van der Waals surface area contributed by atoms with Gasteiger partial charge in [0, 0.05) is 25.0 Å². The van der Waals surface area contributed by atoms with Gasteiger partial charge in [0.2, 0.25) is 5.91 Å². The molecule has 1 aromatic rings. The first-order chi connectivity index (χ1) is 12.9. The van der Waals surface area contributed by atoms with Crippen LogP contribution in [0.15, 0.2) is 29.2 Å². The Morgan fingerprint density at radius 1 is 1.18 bits per heavy atom. The summed E-state index contributed by atoms with van der Waals surface area (Å²) < 4.78 is 30.3. The second-order valence-electron chi connectivity index (χ2n) is 7.81. The highest BCUT2D eigenvalue weighted by atomic mass is 35.5. The van der Waals surface area contributed by atoms with Crippen LogP contribution >= 0.6 is 12.4 Å².